The third-order valence-corrected chi connectivity index (χ3v) is 4.99. The summed E-state index contributed by atoms with van der Waals surface area (Å²) < 4.78 is 0. The molecule has 1 N–H and O–H groups in total. The van der Waals surface area contributed by atoms with Crippen molar-refractivity contribution < 1.29 is 9.59 Å². The number of anilines is 1. The van der Waals surface area contributed by atoms with Crippen molar-refractivity contribution in [1.82, 2.24) is 4.90 Å². The van der Waals surface area contributed by atoms with E-state index in [1.807, 2.05) is 26.2 Å². The van der Waals surface area contributed by atoms with Gasteiger partial charge >= 0.3 is 0 Å². The maximum absolute atomic E-state index is 12.5. The summed E-state index contributed by atoms with van der Waals surface area (Å²) in [5, 5.41) is 14.3. The third-order valence-electron chi connectivity index (χ3n) is 3.98. The highest BCUT2D eigenvalue weighted by molar-refractivity contribution is 7.14. The summed E-state index contributed by atoms with van der Waals surface area (Å²) in [5.41, 5.74) is 0.538. The average molecular weight is 305 g/mol. The van der Waals surface area contributed by atoms with Crippen molar-refractivity contribution in [2.24, 2.45) is 5.92 Å². The normalized spacial score (nSPS) is 20.9. The summed E-state index contributed by atoms with van der Waals surface area (Å²) in [4.78, 5) is 26.3. The zero-order chi connectivity index (χ0) is 15.8. The molecule has 2 amide bonds. The Morgan fingerprint density at radius 3 is 2.67 bits per heavy atom. The van der Waals surface area contributed by atoms with Crippen molar-refractivity contribution in [2.75, 3.05) is 11.9 Å². The summed E-state index contributed by atoms with van der Waals surface area (Å²) in [6, 6.07) is 2.10. The van der Waals surface area contributed by atoms with Crippen LogP contribution in [0.1, 0.15) is 38.3 Å². The molecule has 1 saturated heterocycles. The number of amides is 2. The Bertz CT molecular complexity index is 629. The van der Waals surface area contributed by atoms with Crippen molar-refractivity contribution >= 4 is 28.2 Å². The van der Waals surface area contributed by atoms with Crippen LogP contribution < -0.4 is 5.32 Å². The Labute approximate surface area is 128 Å². The molecule has 1 aromatic heterocycles. The lowest BCUT2D eigenvalue weighted by Crippen LogP contribution is -2.66. The Morgan fingerprint density at radius 1 is 1.52 bits per heavy atom. The van der Waals surface area contributed by atoms with Crippen LogP contribution in [0.2, 0.25) is 0 Å². The lowest BCUT2D eigenvalue weighted by molar-refractivity contribution is -0.157. The first kappa shape index (κ1) is 15.5. The van der Waals surface area contributed by atoms with E-state index < -0.39 is 5.54 Å². The molecule has 1 aliphatic rings. The van der Waals surface area contributed by atoms with Gasteiger partial charge in [-0.2, -0.15) is 5.26 Å². The number of hydrogen-bond acceptors (Lipinski definition) is 4. The quantitative estimate of drug-likeness (QED) is 0.932. The van der Waals surface area contributed by atoms with Crippen LogP contribution in [0.25, 0.3) is 0 Å². The molecule has 21 heavy (non-hydrogen) atoms. The van der Waals surface area contributed by atoms with Crippen molar-refractivity contribution in [2.45, 2.75) is 39.7 Å². The number of carbonyl (C=O) groups is 2. The van der Waals surface area contributed by atoms with Gasteiger partial charge in [-0.25, -0.2) is 0 Å². The molecule has 2 rings (SSSR count). The SMILES string of the molecule is Cc1csc(NC(=O)C2(C)CCN2C(=O)C(C)C)c1C#N. The predicted octanol–water partition coefficient (Wildman–Crippen LogP) is 2.51. The van der Waals surface area contributed by atoms with Crippen LogP contribution in [-0.2, 0) is 9.59 Å². The van der Waals surface area contributed by atoms with Gasteiger partial charge in [0.25, 0.3) is 5.91 Å². The molecule has 1 atom stereocenters. The van der Waals surface area contributed by atoms with Crippen LogP contribution in [-0.4, -0.2) is 28.8 Å². The number of rotatable bonds is 3. The topological polar surface area (TPSA) is 73.2 Å². The molecule has 1 aromatic rings. The van der Waals surface area contributed by atoms with Crippen molar-refractivity contribution in [3.63, 3.8) is 0 Å². The Morgan fingerprint density at radius 2 is 2.19 bits per heavy atom. The number of likely N-dealkylation sites (tertiary alicyclic amines) is 1. The fourth-order valence-electron chi connectivity index (χ4n) is 2.37. The van der Waals surface area contributed by atoms with Crippen LogP contribution in [0.3, 0.4) is 0 Å². The lowest BCUT2D eigenvalue weighted by atomic mass is 9.84. The van der Waals surface area contributed by atoms with Crippen molar-refractivity contribution in [3.05, 3.63) is 16.5 Å². The molecule has 1 aliphatic heterocycles. The highest BCUT2D eigenvalue weighted by Crippen LogP contribution is 2.35. The van der Waals surface area contributed by atoms with E-state index in [9.17, 15) is 9.59 Å². The molecule has 1 unspecified atom stereocenters. The highest BCUT2D eigenvalue weighted by atomic mass is 32.1. The van der Waals surface area contributed by atoms with E-state index in [0.29, 0.717) is 23.5 Å². The van der Waals surface area contributed by atoms with E-state index in [4.69, 9.17) is 5.26 Å². The minimum absolute atomic E-state index is 0.0123. The Balaban J connectivity index is 2.17. The van der Waals surface area contributed by atoms with E-state index >= 15 is 0 Å². The van der Waals surface area contributed by atoms with Gasteiger partial charge in [-0.15, -0.1) is 11.3 Å². The first-order valence-corrected chi connectivity index (χ1v) is 7.80. The molecule has 6 heteroatoms. The first-order chi connectivity index (χ1) is 9.81. The summed E-state index contributed by atoms with van der Waals surface area (Å²) in [6.45, 7) is 7.88. The van der Waals surface area contributed by atoms with Crippen LogP contribution in [0.4, 0.5) is 5.00 Å². The molecule has 1 fully saturated rings. The van der Waals surface area contributed by atoms with E-state index in [-0.39, 0.29) is 17.7 Å². The fourth-order valence-corrected chi connectivity index (χ4v) is 3.26. The van der Waals surface area contributed by atoms with Crippen LogP contribution in [0.15, 0.2) is 5.38 Å². The van der Waals surface area contributed by atoms with Gasteiger partial charge < -0.3 is 10.2 Å². The maximum Gasteiger partial charge on any atom is 0.250 e. The van der Waals surface area contributed by atoms with E-state index in [2.05, 4.69) is 11.4 Å². The zero-order valence-electron chi connectivity index (χ0n) is 12.7. The molecule has 2 heterocycles. The van der Waals surface area contributed by atoms with Crippen LogP contribution >= 0.6 is 11.3 Å². The maximum atomic E-state index is 12.5. The molecule has 0 radical (unpaired) electrons. The minimum atomic E-state index is -0.814. The van der Waals surface area contributed by atoms with E-state index in [1.54, 1.807) is 11.8 Å². The van der Waals surface area contributed by atoms with Gasteiger partial charge in [-0.05, 0) is 31.2 Å². The van der Waals surface area contributed by atoms with Gasteiger partial charge in [0.2, 0.25) is 5.91 Å². The standard InChI is InChI=1S/C15H19N3O2S/c1-9(2)13(19)18-6-5-15(18,4)14(20)17-12-11(7-16)10(3)8-21-12/h8-9H,5-6H2,1-4H3,(H,17,20). The number of carbonyl (C=O) groups excluding carboxylic acids is 2. The lowest BCUT2D eigenvalue weighted by Gasteiger charge is -2.49. The third kappa shape index (κ3) is 2.54. The highest BCUT2D eigenvalue weighted by Gasteiger charge is 2.49. The summed E-state index contributed by atoms with van der Waals surface area (Å²) >= 11 is 1.34. The number of nitrogens with one attached hydrogen (secondary N) is 1. The van der Waals surface area contributed by atoms with Crippen LogP contribution in [0, 0.1) is 24.2 Å². The molecular formula is C15H19N3O2S. The van der Waals surface area contributed by atoms with E-state index in [1.165, 1.54) is 11.3 Å². The average Bonchev–Trinajstić information content (AvgIpc) is 2.76. The largest absolute Gasteiger partial charge is 0.328 e. The smallest absolute Gasteiger partial charge is 0.250 e. The van der Waals surface area contributed by atoms with Gasteiger partial charge in [0, 0.05) is 12.5 Å². The van der Waals surface area contributed by atoms with Gasteiger partial charge in [-0.1, -0.05) is 13.8 Å². The summed E-state index contributed by atoms with van der Waals surface area (Å²) in [5.74, 6) is -0.362. The number of aryl methyl sites for hydroxylation is 1. The molecular weight excluding hydrogens is 286 g/mol. The number of nitriles is 1. The van der Waals surface area contributed by atoms with Gasteiger partial charge in [-0.3, -0.25) is 9.59 Å². The second-order valence-electron chi connectivity index (χ2n) is 5.86. The molecule has 5 nitrogen and oxygen atoms in total. The van der Waals surface area contributed by atoms with Crippen LogP contribution in [0.5, 0.6) is 0 Å². The second-order valence-corrected chi connectivity index (χ2v) is 6.74. The van der Waals surface area contributed by atoms with Crippen molar-refractivity contribution in [1.29, 1.82) is 5.26 Å². The molecule has 0 aromatic carbocycles. The monoisotopic (exact) mass is 305 g/mol. The molecule has 0 spiro atoms. The Hall–Kier alpha value is -1.87. The van der Waals surface area contributed by atoms with Crippen molar-refractivity contribution in [3.8, 4) is 6.07 Å². The number of nitrogens with zero attached hydrogens (tertiary/aromatic N) is 2. The van der Waals surface area contributed by atoms with E-state index in [0.717, 1.165) is 5.56 Å². The summed E-state index contributed by atoms with van der Waals surface area (Å²) in [7, 11) is 0. The zero-order valence-corrected chi connectivity index (χ0v) is 13.5. The molecule has 0 aliphatic carbocycles. The Kier molecular flexibility index (Phi) is 4.06. The number of hydrogen-bond donors (Lipinski definition) is 1. The molecule has 112 valence electrons. The predicted molar refractivity (Wildman–Crippen MR) is 82.0 cm³/mol. The van der Waals surface area contributed by atoms with Gasteiger partial charge in [0.05, 0.1) is 5.56 Å². The summed E-state index contributed by atoms with van der Waals surface area (Å²) in [6.07, 6.45) is 0.642. The van der Waals surface area contributed by atoms with Gasteiger partial charge in [0.15, 0.2) is 0 Å². The fraction of sp³-hybridized carbons (Fsp3) is 0.533. The minimum Gasteiger partial charge on any atom is -0.328 e. The number of thiophene rings is 1. The molecule has 0 bridgehead atoms. The van der Waals surface area contributed by atoms with Gasteiger partial charge in [0.1, 0.15) is 16.6 Å². The second kappa shape index (κ2) is 5.49. The first-order valence-electron chi connectivity index (χ1n) is 6.92. The molecule has 0 saturated carbocycles.